The Hall–Kier alpha value is -4.34. The number of ether oxygens (including phenoxy) is 2. The summed E-state index contributed by atoms with van der Waals surface area (Å²) < 4.78 is 13.6. The second kappa shape index (κ2) is 10.5. The Bertz CT molecular complexity index is 1330. The Morgan fingerprint density at radius 2 is 1.64 bits per heavy atom. The zero-order valence-corrected chi connectivity index (χ0v) is 21.1. The van der Waals surface area contributed by atoms with Gasteiger partial charge in [0.1, 0.15) is 11.3 Å². The number of carbonyl (C=O) groups is 3. The molecule has 0 saturated carbocycles. The van der Waals surface area contributed by atoms with E-state index in [2.05, 4.69) is 10.6 Å². The molecule has 10 heteroatoms. The predicted molar refractivity (Wildman–Crippen MR) is 136 cm³/mol. The van der Waals surface area contributed by atoms with Gasteiger partial charge in [0.05, 0.1) is 16.9 Å². The third kappa shape index (κ3) is 6.21. The molecule has 190 valence electrons. The molecule has 0 aliphatic carbocycles. The van der Waals surface area contributed by atoms with Gasteiger partial charge >= 0.3 is 12.1 Å². The average molecular weight is 495 g/mol. The molecule has 10 nitrogen and oxygen atoms in total. The van der Waals surface area contributed by atoms with Crippen LogP contribution < -0.4 is 16.2 Å². The summed E-state index contributed by atoms with van der Waals surface area (Å²) in [5, 5.41) is 5.13. The monoisotopic (exact) mass is 494 g/mol. The fourth-order valence-corrected chi connectivity index (χ4v) is 3.36. The summed E-state index contributed by atoms with van der Waals surface area (Å²) in [6, 6.07) is 15.1. The van der Waals surface area contributed by atoms with E-state index in [9.17, 15) is 19.2 Å². The van der Waals surface area contributed by atoms with E-state index in [1.165, 1.54) is 23.7 Å². The van der Waals surface area contributed by atoms with Gasteiger partial charge in [-0.2, -0.15) is 0 Å². The van der Waals surface area contributed by atoms with E-state index in [0.29, 0.717) is 17.1 Å². The molecule has 2 amide bonds. The summed E-state index contributed by atoms with van der Waals surface area (Å²) >= 11 is 0. The van der Waals surface area contributed by atoms with Crippen LogP contribution in [0.5, 0.6) is 0 Å². The van der Waals surface area contributed by atoms with Crippen molar-refractivity contribution in [2.24, 2.45) is 7.05 Å². The number of hydrogen-bond acceptors (Lipinski definition) is 6. The number of esters is 1. The maximum absolute atomic E-state index is 13.0. The van der Waals surface area contributed by atoms with Crippen LogP contribution in [-0.2, 0) is 21.3 Å². The number of benzene rings is 2. The first-order valence-electron chi connectivity index (χ1n) is 11.3. The molecule has 0 aliphatic rings. The minimum atomic E-state index is -1.19. The first-order chi connectivity index (χ1) is 16.9. The molecular formula is C26H30N4O6. The minimum absolute atomic E-state index is 0.0952. The van der Waals surface area contributed by atoms with Crippen molar-refractivity contribution in [3.05, 3.63) is 76.2 Å². The second-order valence-electron chi connectivity index (χ2n) is 9.18. The molecule has 2 N–H and O–H groups in total. The molecule has 2 aromatic carbocycles. The third-order valence-electron chi connectivity index (χ3n) is 5.20. The van der Waals surface area contributed by atoms with Gasteiger partial charge in [0.2, 0.25) is 0 Å². The summed E-state index contributed by atoms with van der Waals surface area (Å²) in [6.07, 6.45) is -1.86. The molecule has 0 radical (unpaired) electrons. The molecule has 0 fully saturated rings. The largest absolute Gasteiger partial charge is 0.449 e. The fraction of sp³-hybridized carbons (Fsp3) is 0.308. The zero-order chi connectivity index (χ0) is 26.6. The lowest BCUT2D eigenvalue weighted by atomic mass is 10.2. The van der Waals surface area contributed by atoms with Crippen molar-refractivity contribution in [3.8, 4) is 5.69 Å². The van der Waals surface area contributed by atoms with E-state index in [1.807, 2.05) is 18.2 Å². The second-order valence-corrected chi connectivity index (χ2v) is 9.18. The summed E-state index contributed by atoms with van der Waals surface area (Å²) in [6.45, 7) is 8.32. The Morgan fingerprint density at radius 1 is 0.972 bits per heavy atom. The van der Waals surface area contributed by atoms with Crippen molar-refractivity contribution in [1.82, 2.24) is 9.36 Å². The highest BCUT2D eigenvalue weighted by Gasteiger charge is 2.24. The van der Waals surface area contributed by atoms with Crippen molar-refractivity contribution in [1.29, 1.82) is 0 Å². The molecule has 1 atom stereocenters. The van der Waals surface area contributed by atoms with Crippen molar-refractivity contribution in [2.75, 3.05) is 10.6 Å². The summed E-state index contributed by atoms with van der Waals surface area (Å²) in [5.41, 5.74) is 0.657. The molecule has 3 aromatic rings. The number of hydrogen-bond donors (Lipinski definition) is 2. The zero-order valence-electron chi connectivity index (χ0n) is 21.1. The van der Waals surface area contributed by atoms with Gasteiger partial charge in [0, 0.05) is 12.7 Å². The van der Waals surface area contributed by atoms with Crippen LogP contribution in [0.15, 0.2) is 59.4 Å². The quantitative estimate of drug-likeness (QED) is 0.500. The van der Waals surface area contributed by atoms with E-state index in [0.717, 1.165) is 0 Å². The van der Waals surface area contributed by atoms with Crippen molar-refractivity contribution in [2.45, 2.75) is 46.3 Å². The highest BCUT2D eigenvalue weighted by Crippen LogP contribution is 2.17. The van der Waals surface area contributed by atoms with Gasteiger partial charge in [-0.1, -0.05) is 24.3 Å². The molecule has 0 aliphatic heterocycles. The molecule has 3 rings (SSSR count). The van der Waals surface area contributed by atoms with Crippen LogP contribution in [0.4, 0.5) is 16.2 Å². The molecule has 0 bridgehead atoms. The van der Waals surface area contributed by atoms with E-state index in [4.69, 9.17) is 9.47 Å². The van der Waals surface area contributed by atoms with Crippen LogP contribution in [-0.4, -0.2) is 39.0 Å². The molecule has 0 saturated heterocycles. The Morgan fingerprint density at radius 3 is 2.28 bits per heavy atom. The predicted octanol–water partition coefficient (Wildman–Crippen LogP) is 4.02. The summed E-state index contributed by atoms with van der Waals surface area (Å²) in [5.74, 6) is -1.42. The average Bonchev–Trinajstić information content (AvgIpc) is 3.01. The maximum atomic E-state index is 13.0. The number of nitrogens with zero attached hydrogens (tertiary/aromatic N) is 2. The maximum Gasteiger partial charge on any atom is 0.412 e. The fourth-order valence-electron chi connectivity index (χ4n) is 3.36. The first kappa shape index (κ1) is 26.3. The van der Waals surface area contributed by atoms with Gasteiger partial charge in [-0.3, -0.25) is 19.6 Å². The lowest BCUT2D eigenvalue weighted by Crippen LogP contribution is -2.32. The summed E-state index contributed by atoms with van der Waals surface area (Å²) in [7, 11) is 1.71. The number of carbonyl (C=O) groups excluding carboxylic acids is 3. The first-order valence-corrected chi connectivity index (χ1v) is 11.3. The highest BCUT2D eigenvalue weighted by atomic mass is 16.6. The molecule has 0 spiro atoms. The number of rotatable bonds is 6. The van der Waals surface area contributed by atoms with Gasteiger partial charge in [-0.15, -0.1) is 0 Å². The molecule has 1 heterocycles. The number of nitrogens with one attached hydrogen (secondary N) is 2. The number of aromatic nitrogens is 2. The van der Waals surface area contributed by atoms with E-state index in [-0.39, 0.29) is 11.3 Å². The Kier molecular flexibility index (Phi) is 7.67. The SMILES string of the molecule is Cc1c(NC(=O)[C@H](C)OC(=O)c2cccc(NC(=O)OC(C)(C)C)c2)c(=O)n(-c2ccccc2)n1C. The smallest absolute Gasteiger partial charge is 0.412 e. The van der Waals surface area contributed by atoms with E-state index < -0.39 is 35.2 Å². The van der Waals surface area contributed by atoms with Crippen LogP contribution >= 0.6 is 0 Å². The van der Waals surface area contributed by atoms with Gasteiger partial charge in [0.15, 0.2) is 6.10 Å². The van der Waals surface area contributed by atoms with E-state index in [1.54, 1.807) is 63.7 Å². The standard InChI is InChI=1S/C26H30N4O6/c1-16-21(23(32)30(29(16)6)20-13-8-7-9-14-20)28-22(31)17(2)35-24(33)18-11-10-12-19(15-18)27-25(34)36-26(3,4)5/h7-15,17H,1-6H3,(H,27,34)(H,28,31)/t17-/m0/s1. The van der Waals surface area contributed by atoms with Crippen molar-refractivity contribution < 1.29 is 23.9 Å². The van der Waals surface area contributed by atoms with Crippen molar-refractivity contribution in [3.63, 3.8) is 0 Å². The number of amides is 2. The Labute approximate surface area is 208 Å². The highest BCUT2D eigenvalue weighted by molar-refractivity contribution is 5.98. The third-order valence-corrected chi connectivity index (χ3v) is 5.20. The van der Waals surface area contributed by atoms with Gasteiger partial charge in [-0.25, -0.2) is 14.3 Å². The Balaban J connectivity index is 1.69. The van der Waals surface area contributed by atoms with Gasteiger partial charge < -0.3 is 14.8 Å². The van der Waals surface area contributed by atoms with Crippen LogP contribution in [0, 0.1) is 6.92 Å². The van der Waals surface area contributed by atoms with E-state index >= 15 is 0 Å². The van der Waals surface area contributed by atoms with Crippen LogP contribution in [0.25, 0.3) is 5.69 Å². The molecule has 1 aromatic heterocycles. The lowest BCUT2D eigenvalue weighted by Gasteiger charge is -2.19. The summed E-state index contributed by atoms with van der Waals surface area (Å²) in [4.78, 5) is 50.4. The van der Waals surface area contributed by atoms with Gasteiger partial charge in [0.25, 0.3) is 11.5 Å². The lowest BCUT2D eigenvalue weighted by molar-refractivity contribution is -0.123. The number of anilines is 2. The van der Waals surface area contributed by atoms with Crippen LogP contribution in [0.2, 0.25) is 0 Å². The topological polar surface area (TPSA) is 121 Å². The minimum Gasteiger partial charge on any atom is -0.449 e. The molecule has 36 heavy (non-hydrogen) atoms. The normalized spacial score (nSPS) is 11.9. The van der Waals surface area contributed by atoms with Crippen molar-refractivity contribution >= 4 is 29.3 Å². The van der Waals surface area contributed by atoms with Crippen LogP contribution in [0.3, 0.4) is 0 Å². The molecular weight excluding hydrogens is 464 g/mol. The van der Waals surface area contributed by atoms with Crippen LogP contribution in [0.1, 0.15) is 43.7 Å². The van der Waals surface area contributed by atoms with Gasteiger partial charge in [-0.05, 0) is 65.0 Å². The molecule has 0 unspecified atom stereocenters. The number of para-hydroxylation sites is 1.